The standard InChI is InChI=1S/C14H15NO3/c16-14(17)11-5-2-6-12-13(11)9(8-18-12)7-15-10-3-1-4-10/h2,5-6,8,10,15H,1,3-4,7H2,(H,16,17). The van der Waals surface area contributed by atoms with Crippen LogP contribution in [0.3, 0.4) is 0 Å². The highest BCUT2D eigenvalue weighted by molar-refractivity contribution is 6.03. The molecule has 0 spiro atoms. The van der Waals surface area contributed by atoms with Gasteiger partial charge in [0.1, 0.15) is 5.58 Å². The van der Waals surface area contributed by atoms with Crippen molar-refractivity contribution in [3.8, 4) is 0 Å². The van der Waals surface area contributed by atoms with Gasteiger partial charge < -0.3 is 14.8 Å². The average Bonchev–Trinajstić information content (AvgIpc) is 2.70. The molecule has 0 bridgehead atoms. The molecular formula is C14H15NO3. The number of nitrogens with one attached hydrogen (secondary N) is 1. The number of aromatic carboxylic acids is 1. The highest BCUT2D eigenvalue weighted by atomic mass is 16.4. The SMILES string of the molecule is O=C(O)c1cccc2occ(CNC3CCC3)c12. The first-order valence-electron chi connectivity index (χ1n) is 6.21. The van der Waals surface area contributed by atoms with E-state index in [0.29, 0.717) is 23.7 Å². The summed E-state index contributed by atoms with van der Waals surface area (Å²) in [6.45, 7) is 0.669. The van der Waals surface area contributed by atoms with Gasteiger partial charge in [-0.3, -0.25) is 0 Å². The lowest BCUT2D eigenvalue weighted by molar-refractivity contribution is 0.0699. The van der Waals surface area contributed by atoms with Crippen LogP contribution in [0.2, 0.25) is 0 Å². The third kappa shape index (κ3) is 1.88. The van der Waals surface area contributed by atoms with E-state index in [1.165, 1.54) is 19.3 Å². The summed E-state index contributed by atoms with van der Waals surface area (Å²) < 4.78 is 5.42. The minimum atomic E-state index is -0.910. The van der Waals surface area contributed by atoms with Crippen molar-refractivity contribution < 1.29 is 14.3 Å². The van der Waals surface area contributed by atoms with Gasteiger partial charge in [0.2, 0.25) is 0 Å². The number of carbonyl (C=O) groups is 1. The molecule has 1 aliphatic rings. The van der Waals surface area contributed by atoms with Crippen molar-refractivity contribution in [3.05, 3.63) is 35.6 Å². The summed E-state index contributed by atoms with van der Waals surface area (Å²) in [5.74, 6) is -0.910. The van der Waals surface area contributed by atoms with Crippen molar-refractivity contribution >= 4 is 16.9 Å². The predicted molar refractivity (Wildman–Crippen MR) is 67.7 cm³/mol. The van der Waals surface area contributed by atoms with E-state index < -0.39 is 5.97 Å². The fourth-order valence-corrected chi connectivity index (χ4v) is 2.33. The second kappa shape index (κ2) is 4.46. The molecule has 1 fully saturated rings. The molecule has 1 aromatic heterocycles. The van der Waals surface area contributed by atoms with Gasteiger partial charge in [-0.2, -0.15) is 0 Å². The number of hydrogen-bond donors (Lipinski definition) is 2. The maximum absolute atomic E-state index is 11.2. The molecule has 94 valence electrons. The third-order valence-electron chi connectivity index (χ3n) is 3.59. The third-order valence-corrected chi connectivity index (χ3v) is 3.59. The molecule has 0 aliphatic heterocycles. The summed E-state index contributed by atoms with van der Waals surface area (Å²) in [6, 6.07) is 5.70. The van der Waals surface area contributed by atoms with Crippen LogP contribution in [-0.2, 0) is 6.54 Å². The normalized spacial score (nSPS) is 15.8. The van der Waals surface area contributed by atoms with E-state index in [1.54, 1.807) is 24.5 Å². The number of fused-ring (bicyclic) bond motifs is 1. The second-order valence-electron chi connectivity index (χ2n) is 4.75. The van der Waals surface area contributed by atoms with Crippen LogP contribution in [0.1, 0.15) is 35.2 Å². The van der Waals surface area contributed by atoms with E-state index in [1.807, 2.05) is 0 Å². The lowest BCUT2D eigenvalue weighted by Gasteiger charge is -2.26. The van der Waals surface area contributed by atoms with Crippen molar-refractivity contribution in [2.45, 2.75) is 31.8 Å². The van der Waals surface area contributed by atoms with Crippen molar-refractivity contribution in [3.63, 3.8) is 0 Å². The number of hydrogen-bond acceptors (Lipinski definition) is 3. The zero-order valence-corrected chi connectivity index (χ0v) is 9.98. The smallest absolute Gasteiger partial charge is 0.336 e. The van der Waals surface area contributed by atoms with Gasteiger partial charge in [-0.05, 0) is 25.0 Å². The van der Waals surface area contributed by atoms with Gasteiger partial charge in [0.15, 0.2) is 0 Å². The largest absolute Gasteiger partial charge is 0.478 e. The molecule has 1 saturated carbocycles. The number of carboxylic acids is 1. The van der Waals surface area contributed by atoms with Crippen molar-refractivity contribution in [2.24, 2.45) is 0 Å². The Balaban J connectivity index is 1.93. The molecule has 4 nitrogen and oxygen atoms in total. The van der Waals surface area contributed by atoms with Crippen LogP contribution in [0.5, 0.6) is 0 Å². The lowest BCUT2D eigenvalue weighted by Crippen LogP contribution is -2.34. The molecule has 1 heterocycles. The lowest BCUT2D eigenvalue weighted by atomic mass is 9.93. The van der Waals surface area contributed by atoms with Gasteiger partial charge in [0.25, 0.3) is 0 Å². The Labute approximate surface area is 105 Å². The van der Waals surface area contributed by atoms with Gasteiger partial charge in [-0.25, -0.2) is 4.79 Å². The van der Waals surface area contributed by atoms with E-state index in [0.717, 1.165) is 10.9 Å². The van der Waals surface area contributed by atoms with Gasteiger partial charge in [0, 0.05) is 23.5 Å². The van der Waals surface area contributed by atoms with E-state index in [-0.39, 0.29) is 0 Å². The van der Waals surface area contributed by atoms with Gasteiger partial charge in [-0.15, -0.1) is 0 Å². The van der Waals surface area contributed by atoms with Crippen molar-refractivity contribution in [1.29, 1.82) is 0 Å². The summed E-state index contributed by atoms with van der Waals surface area (Å²) in [4.78, 5) is 11.2. The summed E-state index contributed by atoms with van der Waals surface area (Å²) in [5, 5.41) is 13.3. The van der Waals surface area contributed by atoms with Crippen molar-refractivity contribution in [2.75, 3.05) is 0 Å². The zero-order chi connectivity index (χ0) is 12.5. The van der Waals surface area contributed by atoms with E-state index in [9.17, 15) is 9.90 Å². The van der Waals surface area contributed by atoms with Crippen LogP contribution < -0.4 is 5.32 Å². The summed E-state index contributed by atoms with van der Waals surface area (Å²) in [6.07, 6.45) is 5.36. The molecule has 1 aliphatic carbocycles. The molecule has 0 radical (unpaired) electrons. The van der Waals surface area contributed by atoms with Gasteiger partial charge >= 0.3 is 5.97 Å². The molecule has 18 heavy (non-hydrogen) atoms. The van der Waals surface area contributed by atoms with E-state index in [4.69, 9.17) is 4.42 Å². The molecule has 2 aromatic rings. The van der Waals surface area contributed by atoms with E-state index >= 15 is 0 Å². The van der Waals surface area contributed by atoms with Crippen molar-refractivity contribution in [1.82, 2.24) is 5.32 Å². The molecule has 3 rings (SSSR count). The Morgan fingerprint density at radius 1 is 1.44 bits per heavy atom. The molecule has 4 heteroatoms. The Bertz CT molecular complexity index is 584. The highest BCUT2D eigenvalue weighted by Gasteiger charge is 2.19. The van der Waals surface area contributed by atoms with Crippen LogP contribution in [0.15, 0.2) is 28.9 Å². The zero-order valence-electron chi connectivity index (χ0n) is 9.98. The van der Waals surface area contributed by atoms with Crippen LogP contribution in [0, 0.1) is 0 Å². The summed E-state index contributed by atoms with van der Waals surface area (Å²) in [7, 11) is 0. The molecule has 0 amide bonds. The molecule has 2 N–H and O–H groups in total. The minimum absolute atomic E-state index is 0.312. The fourth-order valence-electron chi connectivity index (χ4n) is 2.33. The highest BCUT2D eigenvalue weighted by Crippen LogP contribution is 2.26. The Morgan fingerprint density at radius 2 is 2.28 bits per heavy atom. The van der Waals surface area contributed by atoms with Crippen LogP contribution in [-0.4, -0.2) is 17.1 Å². The Kier molecular flexibility index (Phi) is 2.80. The van der Waals surface area contributed by atoms with Gasteiger partial charge in [-0.1, -0.05) is 12.5 Å². The fraction of sp³-hybridized carbons (Fsp3) is 0.357. The maximum atomic E-state index is 11.2. The monoisotopic (exact) mass is 245 g/mol. The Morgan fingerprint density at radius 3 is 2.94 bits per heavy atom. The molecule has 0 atom stereocenters. The minimum Gasteiger partial charge on any atom is -0.478 e. The number of benzene rings is 1. The first-order valence-corrected chi connectivity index (χ1v) is 6.21. The molecule has 0 unspecified atom stereocenters. The van der Waals surface area contributed by atoms with Gasteiger partial charge in [0.05, 0.1) is 11.8 Å². The van der Waals surface area contributed by atoms with E-state index in [2.05, 4.69) is 5.32 Å². The first kappa shape index (κ1) is 11.3. The first-order chi connectivity index (χ1) is 8.75. The number of carboxylic acid groups (broad SMARTS) is 1. The average molecular weight is 245 g/mol. The number of furan rings is 1. The second-order valence-corrected chi connectivity index (χ2v) is 4.75. The molecular weight excluding hydrogens is 230 g/mol. The van der Waals surface area contributed by atoms with Crippen LogP contribution in [0.4, 0.5) is 0 Å². The topological polar surface area (TPSA) is 62.5 Å². The molecule has 0 saturated heterocycles. The number of rotatable bonds is 4. The quantitative estimate of drug-likeness (QED) is 0.869. The van der Waals surface area contributed by atoms with Crippen LogP contribution >= 0.6 is 0 Å². The summed E-state index contributed by atoms with van der Waals surface area (Å²) in [5.41, 5.74) is 1.88. The van der Waals surface area contributed by atoms with Crippen LogP contribution in [0.25, 0.3) is 11.0 Å². The maximum Gasteiger partial charge on any atom is 0.336 e. The summed E-state index contributed by atoms with van der Waals surface area (Å²) >= 11 is 0. The molecule has 1 aromatic carbocycles. The Hall–Kier alpha value is -1.81. The predicted octanol–water partition coefficient (Wildman–Crippen LogP) is 2.77.